The Balaban J connectivity index is 1.64. The van der Waals surface area contributed by atoms with Gasteiger partial charge in [-0.25, -0.2) is 0 Å². The zero-order valence-electron chi connectivity index (χ0n) is 11.6. The molecule has 0 bridgehead atoms. The van der Waals surface area contributed by atoms with E-state index in [2.05, 4.69) is 12.2 Å². The number of nitrogens with one attached hydrogen (secondary N) is 1. The number of nitrogens with zero attached hydrogens (tertiary/aromatic N) is 2. The Morgan fingerprint density at radius 3 is 2.95 bits per heavy atom. The molecule has 3 saturated heterocycles. The maximum absolute atomic E-state index is 12.5. The number of hydrogen-bond acceptors (Lipinski definition) is 3. The molecule has 0 aromatic rings. The Labute approximate surface area is 114 Å². The van der Waals surface area contributed by atoms with Gasteiger partial charge in [0.15, 0.2) is 0 Å². The fraction of sp³-hybridized carbons (Fsp3) is 0.857. The third-order valence-corrected chi connectivity index (χ3v) is 4.95. The molecule has 0 saturated carbocycles. The number of rotatable bonds is 3. The first-order chi connectivity index (χ1) is 9.20. The van der Waals surface area contributed by atoms with Crippen LogP contribution in [0.4, 0.5) is 0 Å². The van der Waals surface area contributed by atoms with Gasteiger partial charge >= 0.3 is 0 Å². The van der Waals surface area contributed by atoms with Gasteiger partial charge < -0.3 is 15.1 Å². The normalized spacial score (nSPS) is 34.2. The summed E-state index contributed by atoms with van der Waals surface area (Å²) in [6.07, 6.45) is 2.53. The molecule has 3 unspecified atom stereocenters. The molecule has 0 radical (unpaired) electrons. The van der Waals surface area contributed by atoms with Crippen molar-refractivity contribution >= 4 is 11.8 Å². The molecule has 3 aliphatic rings. The molecule has 3 heterocycles. The maximum Gasteiger partial charge on any atom is 0.242 e. The first-order valence-corrected chi connectivity index (χ1v) is 7.48. The molecule has 0 aromatic carbocycles. The van der Waals surface area contributed by atoms with Gasteiger partial charge in [0.2, 0.25) is 11.8 Å². The van der Waals surface area contributed by atoms with Gasteiger partial charge in [-0.2, -0.15) is 0 Å². The number of amides is 2. The van der Waals surface area contributed by atoms with E-state index in [4.69, 9.17) is 0 Å². The van der Waals surface area contributed by atoms with E-state index in [0.717, 1.165) is 39.0 Å². The van der Waals surface area contributed by atoms with Crippen LogP contribution in [0.3, 0.4) is 0 Å². The Morgan fingerprint density at radius 1 is 1.42 bits per heavy atom. The molecular weight excluding hydrogens is 242 g/mol. The van der Waals surface area contributed by atoms with Crippen molar-refractivity contribution in [3.8, 4) is 0 Å². The van der Waals surface area contributed by atoms with Crippen LogP contribution in [0.25, 0.3) is 0 Å². The smallest absolute Gasteiger partial charge is 0.242 e. The molecule has 3 rings (SSSR count). The second kappa shape index (κ2) is 5.12. The average Bonchev–Trinajstić information content (AvgIpc) is 3.05. The van der Waals surface area contributed by atoms with E-state index in [9.17, 15) is 9.59 Å². The Hall–Kier alpha value is -1.10. The summed E-state index contributed by atoms with van der Waals surface area (Å²) in [5.74, 6) is 1.52. The van der Waals surface area contributed by atoms with Crippen LogP contribution in [-0.4, -0.2) is 60.4 Å². The molecule has 2 amide bonds. The quantitative estimate of drug-likeness (QED) is 0.785. The summed E-state index contributed by atoms with van der Waals surface area (Å²) in [6, 6.07) is 0.366. The van der Waals surface area contributed by atoms with E-state index >= 15 is 0 Å². The third-order valence-electron chi connectivity index (χ3n) is 4.95. The zero-order chi connectivity index (χ0) is 13.4. The van der Waals surface area contributed by atoms with Crippen LogP contribution in [0.2, 0.25) is 0 Å². The van der Waals surface area contributed by atoms with Crippen molar-refractivity contribution in [1.29, 1.82) is 0 Å². The molecule has 3 atom stereocenters. The molecule has 19 heavy (non-hydrogen) atoms. The molecule has 3 fully saturated rings. The Morgan fingerprint density at radius 2 is 2.26 bits per heavy atom. The topological polar surface area (TPSA) is 52.7 Å². The van der Waals surface area contributed by atoms with Crippen LogP contribution in [0, 0.1) is 11.8 Å². The first kappa shape index (κ1) is 12.9. The first-order valence-electron chi connectivity index (χ1n) is 7.48. The van der Waals surface area contributed by atoms with Crippen molar-refractivity contribution in [2.45, 2.75) is 32.2 Å². The van der Waals surface area contributed by atoms with Gasteiger partial charge in [0, 0.05) is 38.6 Å². The molecule has 106 valence electrons. The van der Waals surface area contributed by atoms with E-state index in [1.807, 2.05) is 4.90 Å². The van der Waals surface area contributed by atoms with E-state index < -0.39 is 0 Å². The van der Waals surface area contributed by atoms with Crippen molar-refractivity contribution in [1.82, 2.24) is 15.1 Å². The fourth-order valence-corrected chi connectivity index (χ4v) is 3.96. The molecule has 0 aromatic heterocycles. The second-order valence-corrected chi connectivity index (χ2v) is 6.02. The van der Waals surface area contributed by atoms with E-state index in [1.165, 1.54) is 0 Å². The molecule has 5 heteroatoms. The SMILES string of the molecule is CCC1C2CNCC2CN1C(=O)CN1CCCC1=O. The predicted molar refractivity (Wildman–Crippen MR) is 71.5 cm³/mol. The molecule has 3 aliphatic heterocycles. The van der Waals surface area contributed by atoms with Gasteiger partial charge in [-0.1, -0.05) is 6.92 Å². The van der Waals surface area contributed by atoms with E-state index in [0.29, 0.717) is 30.8 Å². The van der Waals surface area contributed by atoms with Gasteiger partial charge in [-0.3, -0.25) is 9.59 Å². The molecule has 0 spiro atoms. The summed E-state index contributed by atoms with van der Waals surface area (Å²) >= 11 is 0. The summed E-state index contributed by atoms with van der Waals surface area (Å²) < 4.78 is 0. The lowest BCUT2D eigenvalue weighted by Gasteiger charge is -2.28. The van der Waals surface area contributed by atoms with Gasteiger partial charge in [0.1, 0.15) is 0 Å². The van der Waals surface area contributed by atoms with E-state index in [-0.39, 0.29) is 11.8 Å². The van der Waals surface area contributed by atoms with Crippen LogP contribution in [-0.2, 0) is 9.59 Å². The highest BCUT2D eigenvalue weighted by atomic mass is 16.2. The lowest BCUT2D eigenvalue weighted by atomic mass is 9.93. The van der Waals surface area contributed by atoms with Crippen LogP contribution in [0.15, 0.2) is 0 Å². The molecule has 5 nitrogen and oxygen atoms in total. The van der Waals surface area contributed by atoms with Gasteiger partial charge in [-0.15, -0.1) is 0 Å². The second-order valence-electron chi connectivity index (χ2n) is 6.02. The number of carbonyl (C=O) groups excluding carboxylic acids is 2. The largest absolute Gasteiger partial charge is 0.338 e. The Kier molecular flexibility index (Phi) is 3.48. The van der Waals surface area contributed by atoms with Crippen LogP contribution >= 0.6 is 0 Å². The monoisotopic (exact) mass is 265 g/mol. The number of likely N-dealkylation sites (tertiary alicyclic amines) is 2. The minimum Gasteiger partial charge on any atom is -0.338 e. The highest BCUT2D eigenvalue weighted by Crippen LogP contribution is 2.34. The summed E-state index contributed by atoms with van der Waals surface area (Å²) in [6.45, 7) is 6.15. The van der Waals surface area contributed by atoms with Crippen LogP contribution in [0.1, 0.15) is 26.2 Å². The van der Waals surface area contributed by atoms with E-state index in [1.54, 1.807) is 4.90 Å². The molecular formula is C14H23N3O2. The highest BCUT2D eigenvalue weighted by Gasteiger charge is 2.45. The van der Waals surface area contributed by atoms with Crippen molar-refractivity contribution in [3.63, 3.8) is 0 Å². The summed E-state index contributed by atoms with van der Waals surface area (Å²) in [5.41, 5.74) is 0. The Bertz CT molecular complexity index is 385. The number of hydrogen-bond donors (Lipinski definition) is 1. The van der Waals surface area contributed by atoms with Crippen molar-refractivity contribution in [2.24, 2.45) is 11.8 Å². The predicted octanol–water partition coefficient (Wildman–Crippen LogP) is 0.0652. The van der Waals surface area contributed by atoms with Gasteiger partial charge in [0.05, 0.1) is 6.54 Å². The van der Waals surface area contributed by atoms with Crippen LogP contribution < -0.4 is 5.32 Å². The fourth-order valence-electron chi connectivity index (χ4n) is 3.96. The van der Waals surface area contributed by atoms with Crippen molar-refractivity contribution < 1.29 is 9.59 Å². The maximum atomic E-state index is 12.5. The summed E-state index contributed by atoms with van der Waals surface area (Å²) in [5, 5.41) is 3.43. The minimum absolute atomic E-state index is 0.141. The zero-order valence-corrected chi connectivity index (χ0v) is 11.6. The standard InChI is InChI=1S/C14H23N3O2/c1-2-12-11-7-15-6-10(11)8-17(12)14(19)9-16-5-3-4-13(16)18/h10-12,15H,2-9H2,1H3. The number of fused-ring (bicyclic) bond motifs is 1. The third kappa shape index (κ3) is 2.24. The summed E-state index contributed by atoms with van der Waals surface area (Å²) in [4.78, 5) is 27.8. The lowest BCUT2D eigenvalue weighted by molar-refractivity contribution is -0.139. The minimum atomic E-state index is 0.141. The highest BCUT2D eigenvalue weighted by molar-refractivity contribution is 5.86. The van der Waals surface area contributed by atoms with Crippen molar-refractivity contribution in [2.75, 3.05) is 32.7 Å². The lowest BCUT2D eigenvalue weighted by Crippen LogP contribution is -2.45. The number of carbonyl (C=O) groups is 2. The summed E-state index contributed by atoms with van der Waals surface area (Å²) in [7, 11) is 0. The van der Waals surface area contributed by atoms with Gasteiger partial charge in [-0.05, 0) is 24.7 Å². The average molecular weight is 265 g/mol. The molecule has 1 N–H and O–H groups in total. The van der Waals surface area contributed by atoms with Crippen molar-refractivity contribution in [3.05, 3.63) is 0 Å². The van der Waals surface area contributed by atoms with Gasteiger partial charge in [0.25, 0.3) is 0 Å². The van der Waals surface area contributed by atoms with Crippen LogP contribution in [0.5, 0.6) is 0 Å². The molecule has 0 aliphatic carbocycles.